The summed E-state index contributed by atoms with van der Waals surface area (Å²) in [5.74, 6) is 0.734. The first kappa shape index (κ1) is 13.2. The van der Waals surface area contributed by atoms with Gasteiger partial charge in [-0.3, -0.25) is 0 Å². The largest absolute Gasteiger partial charge is 0.507 e. The zero-order chi connectivity index (χ0) is 14.0. The van der Waals surface area contributed by atoms with E-state index in [1.165, 1.54) is 5.56 Å². The Kier molecular flexibility index (Phi) is 3.61. The van der Waals surface area contributed by atoms with Crippen molar-refractivity contribution < 1.29 is 9.84 Å². The first-order chi connectivity index (χ1) is 9.04. The molecule has 2 heteroatoms. The molecule has 0 atom stereocenters. The minimum absolute atomic E-state index is 0.142. The monoisotopic (exact) mass is 254 g/mol. The number of methoxy groups -OCH3 is 1. The van der Waals surface area contributed by atoms with Crippen LogP contribution in [-0.2, 0) is 4.74 Å². The molecule has 19 heavy (non-hydrogen) atoms. The van der Waals surface area contributed by atoms with E-state index in [1.54, 1.807) is 13.2 Å². The number of aliphatic hydroxyl groups is 1. The number of ether oxygens (including phenoxy) is 1. The van der Waals surface area contributed by atoms with Crippen molar-refractivity contribution in [3.8, 4) is 0 Å². The van der Waals surface area contributed by atoms with E-state index in [1.807, 2.05) is 31.2 Å². The molecule has 0 spiro atoms. The van der Waals surface area contributed by atoms with E-state index in [-0.39, 0.29) is 5.76 Å². The minimum atomic E-state index is 0.142. The van der Waals surface area contributed by atoms with Crippen LogP contribution >= 0.6 is 0 Å². The molecule has 0 bridgehead atoms. The molecule has 98 valence electrons. The number of aliphatic hydroxyl groups excluding tert-OH is 1. The maximum Gasteiger partial charge on any atom is 0.129 e. The second kappa shape index (κ2) is 5.19. The molecule has 0 saturated carbocycles. The van der Waals surface area contributed by atoms with E-state index in [0.29, 0.717) is 11.3 Å². The molecule has 1 N–H and O–H groups in total. The third kappa shape index (κ3) is 2.48. The van der Waals surface area contributed by atoms with E-state index < -0.39 is 0 Å². The quantitative estimate of drug-likeness (QED) is 0.852. The molecule has 1 aromatic rings. The van der Waals surface area contributed by atoms with Crippen molar-refractivity contribution in [2.45, 2.75) is 13.8 Å². The molecule has 0 aromatic heterocycles. The number of benzene rings is 1. The fourth-order valence-corrected chi connectivity index (χ4v) is 2.17. The van der Waals surface area contributed by atoms with Crippen molar-refractivity contribution in [2.24, 2.45) is 0 Å². The Labute approximate surface area is 114 Å². The first-order valence-electron chi connectivity index (χ1n) is 6.17. The summed E-state index contributed by atoms with van der Waals surface area (Å²) in [7, 11) is 1.58. The van der Waals surface area contributed by atoms with Gasteiger partial charge in [-0.1, -0.05) is 30.8 Å². The van der Waals surface area contributed by atoms with Gasteiger partial charge in [-0.15, -0.1) is 0 Å². The van der Waals surface area contributed by atoms with Gasteiger partial charge < -0.3 is 9.84 Å². The maximum atomic E-state index is 10.1. The Morgan fingerprint density at radius 2 is 1.79 bits per heavy atom. The lowest BCUT2D eigenvalue weighted by molar-refractivity contribution is 0.294. The standard InChI is InChI=1S/C17H18O2/c1-11-7-5-6-8-14(11)15-10-16(18)13(3)17(19-4)9-12(15)2/h5-10,18H,3H2,1-2,4H3. The molecule has 0 radical (unpaired) electrons. The van der Waals surface area contributed by atoms with E-state index in [2.05, 4.69) is 19.6 Å². The summed E-state index contributed by atoms with van der Waals surface area (Å²) < 4.78 is 5.27. The van der Waals surface area contributed by atoms with Crippen molar-refractivity contribution in [1.29, 1.82) is 0 Å². The summed E-state index contributed by atoms with van der Waals surface area (Å²) in [6.45, 7) is 7.91. The Hall–Kier alpha value is -2.22. The van der Waals surface area contributed by atoms with Gasteiger partial charge in [0.2, 0.25) is 0 Å². The lowest BCUT2D eigenvalue weighted by Gasteiger charge is -2.08. The fourth-order valence-electron chi connectivity index (χ4n) is 2.17. The number of allylic oxidation sites excluding steroid dienone is 4. The van der Waals surface area contributed by atoms with Gasteiger partial charge in [0, 0.05) is 0 Å². The molecule has 1 aromatic carbocycles. The molecular weight excluding hydrogens is 236 g/mol. The highest BCUT2D eigenvalue weighted by molar-refractivity contribution is 5.82. The van der Waals surface area contributed by atoms with E-state index >= 15 is 0 Å². The van der Waals surface area contributed by atoms with E-state index in [9.17, 15) is 5.11 Å². The van der Waals surface area contributed by atoms with Crippen LogP contribution in [0.15, 0.2) is 65.7 Å². The highest BCUT2D eigenvalue weighted by Crippen LogP contribution is 2.31. The highest BCUT2D eigenvalue weighted by Gasteiger charge is 2.16. The maximum absolute atomic E-state index is 10.1. The Morgan fingerprint density at radius 1 is 1.11 bits per heavy atom. The third-order valence-electron chi connectivity index (χ3n) is 3.32. The van der Waals surface area contributed by atoms with Crippen LogP contribution in [0, 0.1) is 6.92 Å². The summed E-state index contributed by atoms with van der Waals surface area (Å²) in [4.78, 5) is 0. The van der Waals surface area contributed by atoms with E-state index in [0.717, 1.165) is 16.7 Å². The van der Waals surface area contributed by atoms with Gasteiger partial charge in [-0.05, 0) is 48.3 Å². The molecular formula is C17H18O2. The van der Waals surface area contributed by atoms with Crippen molar-refractivity contribution >= 4 is 5.57 Å². The lowest BCUT2D eigenvalue weighted by Crippen LogP contribution is -1.93. The summed E-state index contributed by atoms with van der Waals surface area (Å²) in [6, 6.07) is 8.10. The van der Waals surface area contributed by atoms with Crippen molar-refractivity contribution in [2.75, 3.05) is 7.11 Å². The smallest absolute Gasteiger partial charge is 0.129 e. The van der Waals surface area contributed by atoms with Crippen LogP contribution in [0.1, 0.15) is 18.1 Å². The molecule has 0 aliphatic heterocycles. The van der Waals surface area contributed by atoms with Crippen molar-refractivity contribution in [3.63, 3.8) is 0 Å². The van der Waals surface area contributed by atoms with Crippen molar-refractivity contribution in [3.05, 3.63) is 76.8 Å². The van der Waals surface area contributed by atoms with Gasteiger partial charge in [0.05, 0.1) is 12.7 Å². The molecule has 0 saturated heterocycles. The average molecular weight is 254 g/mol. The number of rotatable bonds is 2. The zero-order valence-electron chi connectivity index (χ0n) is 11.5. The minimum Gasteiger partial charge on any atom is -0.507 e. The predicted octanol–water partition coefficient (Wildman–Crippen LogP) is 4.31. The van der Waals surface area contributed by atoms with Crippen LogP contribution in [0.5, 0.6) is 0 Å². The topological polar surface area (TPSA) is 29.5 Å². The van der Waals surface area contributed by atoms with Crippen LogP contribution in [0.25, 0.3) is 5.57 Å². The second-order valence-electron chi connectivity index (χ2n) is 4.63. The molecule has 0 amide bonds. The van der Waals surface area contributed by atoms with Crippen molar-refractivity contribution in [1.82, 2.24) is 0 Å². The van der Waals surface area contributed by atoms with Gasteiger partial charge in [-0.25, -0.2) is 0 Å². The van der Waals surface area contributed by atoms with Crippen LogP contribution in [-0.4, -0.2) is 12.2 Å². The fraction of sp³-hybridized carbons (Fsp3) is 0.176. The van der Waals surface area contributed by atoms with Gasteiger partial charge >= 0.3 is 0 Å². The van der Waals surface area contributed by atoms with Gasteiger partial charge in [-0.2, -0.15) is 0 Å². The molecule has 0 unspecified atom stereocenters. The normalized spacial score (nSPS) is 15.8. The molecule has 2 nitrogen and oxygen atoms in total. The van der Waals surface area contributed by atoms with Crippen LogP contribution < -0.4 is 0 Å². The molecule has 1 aliphatic carbocycles. The number of aryl methyl sites for hydroxylation is 1. The van der Waals surface area contributed by atoms with E-state index in [4.69, 9.17) is 4.74 Å². The van der Waals surface area contributed by atoms with Gasteiger partial charge in [0.15, 0.2) is 0 Å². The molecule has 0 heterocycles. The van der Waals surface area contributed by atoms with Gasteiger partial charge in [0.25, 0.3) is 0 Å². The molecule has 0 fully saturated rings. The van der Waals surface area contributed by atoms with Crippen LogP contribution in [0.4, 0.5) is 0 Å². The Morgan fingerprint density at radius 3 is 2.42 bits per heavy atom. The van der Waals surface area contributed by atoms with Gasteiger partial charge in [0.1, 0.15) is 11.5 Å². The average Bonchev–Trinajstić information content (AvgIpc) is 2.51. The second-order valence-corrected chi connectivity index (χ2v) is 4.63. The number of hydrogen-bond donors (Lipinski definition) is 1. The van der Waals surface area contributed by atoms with Crippen LogP contribution in [0.2, 0.25) is 0 Å². The third-order valence-corrected chi connectivity index (χ3v) is 3.32. The van der Waals surface area contributed by atoms with Crippen LogP contribution in [0.3, 0.4) is 0 Å². The zero-order valence-corrected chi connectivity index (χ0v) is 11.5. The lowest BCUT2D eigenvalue weighted by atomic mass is 9.96. The summed E-state index contributed by atoms with van der Waals surface area (Å²) in [5, 5.41) is 10.1. The first-order valence-corrected chi connectivity index (χ1v) is 6.17. The summed E-state index contributed by atoms with van der Waals surface area (Å²) in [6.07, 6.45) is 3.66. The summed E-state index contributed by atoms with van der Waals surface area (Å²) >= 11 is 0. The Balaban J connectivity index is 2.65. The number of hydrogen-bond acceptors (Lipinski definition) is 2. The summed E-state index contributed by atoms with van der Waals surface area (Å²) in [5.41, 5.74) is 4.80. The SMILES string of the molecule is C=C1C(O)=CC(c2ccccc2C)=C(C)C=C1OC. The molecule has 1 aliphatic rings. The highest BCUT2D eigenvalue weighted by atomic mass is 16.5. The Bertz CT molecular complexity index is 616. The predicted molar refractivity (Wildman–Crippen MR) is 78.7 cm³/mol. The molecule has 2 rings (SSSR count).